The Balaban J connectivity index is 1.92. The number of benzene rings is 2. The molecule has 0 saturated heterocycles. The molecule has 0 heterocycles. The quantitative estimate of drug-likeness (QED) is 0.334. The van der Waals surface area contributed by atoms with Crippen molar-refractivity contribution in [2.45, 2.75) is 43.9 Å². The predicted molar refractivity (Wildman–Crippen MR) is 103 cm³/mol. The van der Waals surface area contributed by atoms with Crippen LogP contribution < -0.4 is 4.18 Å². The lowest BCUT2D eigenvalue weighted by atomic mass is 10.1. The number of carbonyl (C=O) groups is 1. The summed E-state index contributed by atoms with van der Waals surface area (Å²) < 4.78 is 29.5. The van der Waals surface area contributed by atoms with E-state index in [1.165, 1.54) is 12.1 Å². The fraction of sp³-hybridized carbons (Fsp3) is 0.286. The summed E-state index contributed by atoms with van der Waals surface area (Å²) in [5.41, 5.74) is 0.816. The van der Waals surface area contributed by atoms with Gasteiger partial charge in [-0.15, -0.1) is 0 Å². The van der Waals surface area contributed by atoms with E-state index in [0.29, 0.717) is 6.42 Å². The van der Waals surface area contributed by atoms with E-state index in [9.17, 15) is 13.2 Å². The second-order valence-electron chi connectivity index (χ2n) is 6.03. The molecule has 0 radical (unpaired) electrons. The van der Waals surface area contributed by atoms with Crippen molar-refractivity contribution >= 4 is 22.0 Å². The molecule has 0 fully saturated rings. The number of unbranched alkanes of at least 4 members (excludes halogenated alkanes) is 3. The first kappa shape index (κ1) is 19.9. The molecule has 0 bridgehead atoms. The highest BCUT2D eigenvalue weighted by atomic mass is 32.2. The van der Waals surface area contributed by atoms with Gasteiger partial charge in [0, 0.05) is 6.42 Å². The van der Waals surface area contributed by atoms with Crippen LogP contribution in [0.3, 0.4) is 0 Å². The third kappa shape index (κ3) is 6.48. The Kier molecular flexibility index (Phi) is 7.60. The average Bonchev–Trinajstić information content (AvgIpc) is 2.65. The number of hydrogen-bond donors (Lipinski definition) is 0. The molecule has 0 amide bonds. The molecule has 0 N–H and O–H groups in total. The normalized spacial score (nSPS) is 11.6. The molecule has 5 heteroatoms. The smallest absolute Gasteiger partial charge is 0.339 e. The molecule has 2 aromatic rings. The van der Waals surface area contributed by atoms with Gasteiger partial charge in [0.25, 0.3) is 0 Å². The average molecular weight is 372 g/mol. The molecule has 0 aromatic heterocycles. The summed E-state index contributed by atoms with van der Waals surface area (Å²) in [6.45, 7) is 2.14. The molecule has 0 aliphatic carbocycles. The number of allylic oxidation sites excluding steroid dienone is 1. The van der Waals surface area contributed by atoms with Gasteiger partial charge in [0.05, 0.1) is 0 Å². The molecule has 0 aliphatic heterocycles. The second kappa shape index (κ2) is 9.92. The third-order valence-electron chi connectivity index (χ3n) is 3.86. The highest BCUT2D eigenvalue weighted by molar-refractivity contribution is 7.87. The van der Waals surface area contributed by atoms with E-state index < -0.39 is 10.1 Å². The number of rotatable bonds is 10. The van der Waals surface area contributed by atoms with Gasteiger partial charge >= 0.3 is 10.1 Å². The highest BCUT2D eigenvalue weighted by Crippen LogP contribution is 2.19. The zero-order valence-electron chi connectivity index (χ0n) is 14.9. The van der Waals surface area contributed by atoms with Crippen LogP contribution in [0, 0.1) is 0 Å². The topological polar surface area (TPSA) is 60.4 Å². The van der Waals surface area contributed by atoms with Gasteiger partial charge in [-0.05, 0) is 42.3 Å². The van der Waals surface area contributed by atoms with Crippen molar-refractivity contribution < 1.29 is 17.4 Å². The monoisotopic (exact) mass is 372 g/mol. The fourth-order valence-corrected chi connectivity index (χ4v) is 3.35. The molecule has 0 aliphatic rings. The summed E-state index contributed by atoms with van der Waals surface area (Å²) in [4.78, 5) is 11.9. The standard InChI is InChI=1S/C21H24O4S/c1-2-3-4-6-9-19(22)15-12-18-13-16-20(17-14-18)25-26(23,24)21-10-7-5-8-11-21/h5,7-8,10-17H,2-4,6,9H2,1H3. The molecule has 2 rings (SSSR count). The van der Waals surface area contributed by atoms with Crippen molar-refractivity contribution in [3.8, 4) is 5.75 Å². The summed E-state index contributed by atoms with van der Waals surface area (Å²) in [6.07, 6.45) is 8.18. The van der Waals surface area contributed by atoms with Crippen molar-refractivity contribution in [3.05, 3.63) is 66.2 Å². The number of ketones is 1. The zero-order chi connectivity index (χ0) is 18.8. The summed E-state index contributed by atoms with van der Waals surface area (Å²) in [7, 11) is -3.84. The summed E-state index contributed by atoms with van der Waals surface area (Å²) in [6, 6.07) is 14.6. The lowest BCUT2D eigenvalue weighted by Crippen LogP contribution is -2.09. The van der Waals surface area contributed by atoms with Gasteiger partial charge in [0.15, 0.2) is 5.78 Å². The first-order valence-electron chi connectivity index (χ1n) is 8.82. The summed E-state index contributed by atoms with van der Waals surface area (Å²) >= 11 is 0. The van der Waals surface area contributed by atoms with E-state index in [1.54, 1.807) is 54.6 Å². The Hall–Kier alpha value is -2.40. The first-order chi connectivity index (χ1) is 12.5. The largest absolute Gasteiger partial charge is 0.379 e. The molecule has 138 valence electrons. The molecule has 0 spiro atoms. The molecule has 2 aromatic carbocycles. The van der Waals surface area contributed by atoms with Crippen molar-refractivity contribution in [2.75, 3.05) is 0 Å². The third-order valence-corrected chi connectivity index (χ3v) is 5.12. The van der Waals surface area contributed by atoms with E-state index in [4.69, 9.17) is 4.18 Å². The van der Waals surface area contributed by atoms with Gasteiger partial charge in [0.2, 0.25) is 0 Å². The van der Waals surface area contributed by atoms with E-state index in [1.807, 2.05) is 0 Å². The van der Waals surface area contributed by atoms with Crippen molar-refractivity contribution in [1.82, 2.24) is 0 Å². The van der Waals surface area contributed by atoms with Crippen LogP contribution >= 0.6 is 0 Å². The lowest BCUT2D eigenvalue weighted by molar-refractivity contribution is -0.114. The summed E-state index contributed by atoms with van der Waals surface area (Å²) in [5.74, 6) is 0.338. The number of carbonyl (C=O) groups excluding carboxylic acids is 1. The van der Waals surface area contributed by atoms with Gasteiger partial charge < -0.3 is 4.18 Å². The van der Waals surface area contributed by atoms with Crippen LogP contribution in [0.15, 0.2) is 65.6 Å². The molecule has 0 unspecified atom stereocenters. The van der Waals surface area contributed by atoms with E-state index >= 15 is 0 Å². The fourth-order valence-electron chi connectivity index (χ4n) is 2.39. The minimum Gasteiger partial charge on any atom is -0.379 e. The maximum absolute atomic E-state index is 12.2. The maximum atomic E-state index is 12.2. The van der Waals surface area contributed by atoms with Crippen LogP contribution in [0.25, 0.3) is 6.08 Å². The molecular weight excluding hydrogens is 348 g/mol. The SMILES string of the molecule is CCCCCCC(=O)C=Cc1ccc(OS(=O)(=O)c2ccccc2)cc1. The van der Waals surface area contributed by atoms with Gasteiger partial charge in [-0.25, -0.2) is 0 Å². The van der Waals surface area contributed by atoms with Crippen LogP contribution in [-0.4, -0.2) is 14.2 Å². The Morgan fingerprint density at radius 3 is 2.31 bits per heavy atom. The predicted octanol–water partition coefficient (Wildman–Crippen LogP) is 5.01. The minimum absolute atomic E-state index is 0.105. The summed E-state index contributed by atoms with van der Waals surface area (Å²) in [5, 5.41) is 0. The molecule has 0 saturated carbocycles. The van der Waals surface area contributed by atoms with Crippen molar-refractivity contribution in [3.63, 3.8) is 0 Å². The molecule has 0 atom stereocenters. The second-order valence-corrected chi connectivity index (χ2v) is 7.58. The lowest BCUT2D eigenvalue weighted by Gasteiger charge is -2.07. The van der Waals surface area contributed by atoms with E-state index in [2.05, 4.69) is 6.92 Å². The molecule has 26 heavy (non-hydrogen) atoms. The Bertz CT molecular complexity index is 822. The Morgan fingerprint density at radius 1 is 0.962 bits per heavy atom. The minimum atomic E-state index is -3.84. The van der Waals surface area contributed by atoms with Crippen LogP contribution in [0.2, 0.25) is 0 Å². The van der Waals surface area contributed by atoms with E-state index in [0.717, 1.165) is 31.2 Å². The Labute approximate surface area is 155 Å². The van der Waals surface area contributed by atoms with Gasteiger partial charge in [0.1, 0.15) is 10.6 Å². The van der Waals surface area contributed by atoms with E-state index in [-0.39, 0.29) is 16.4 Å². The van der Waals surface area contributed by atoms with Crippen molar-refractivity contribution in [1.29, 1.82) is 0 Å². The van der Waals surface area contributed by atoms with Crippen molar-refractivity contribution in [2.24, 2.45) is 0 Å². The van der Waals surface area contributed by atoms with Crippen LogP contribution in [0.4, 0.5) is 0 Å². The van der Waals surface area contributed by atoms with Gasteiger partial charge in [-0.1, -0.05) is 62.6 Å². The first-order valence-corrected chi connectivity index (χ1v) is 10.2. The van der Waals surface area contributed by atoms with Crippen LogP contribution in [0.1, 0.15) is 44.6 Å². The highest BCUT2D eigenvalue weighted by Gasteiger charge is 2.15. The van der Waals surface area contributed by atoms with Crippen LogP contribution in [-0.2, 0) is 14.9 Å². The Morgan fingerprint density at radius 2 is 1.65 bits per heavy atom. The molecule has 4 nitrogen and oxygen atoms in total. The number of hydrogen-bond acceptors (Lipinski definition) is 4. The molecular formula is C21H24O4S. The van der Waals surface area contributed by atoms with Gasteiger partial charge in [-0.2, -0.15) is 8.42 Å². The maximum Gasteiger partial charge on any atom is 0.339 e. The zero-order valence-corrected chi connectivity index (χ0v) is 15.7. The van der Waals surface area contributed by atoms with Crippen LogP contribution in [0.5, 0.6) is 5.75 Å². The van der Waals surface area contributed by atoms with Gasteiger partial charge in [-0.3, -0.25) is 4.79 Å².